The first-order valence-electron chi connectivity index (χ1n) is 5.93. The van der Waals surface area contributed by atoms with Gasteiger partial charge in [-0.05, 0) is 20.8 Å². The molecule has 0 radical (unpaired) electrons. The topological polar surface area (TPSA) is 66.8 Å². The van der Waals surface area contributed by atoms with E-state index in [1.54, 1.807) is 20.8 Å². The zero-order valence-corrected chi connectivity index (χ0v) is 11.7. The lowest BCUT2D eigenvalue weighted by atomic mass is 10.3. The molecule has 0 aromatic carbocycles. The Balaban J connectivity index is 2.46. The van der Waals surface area contributed by atoms with E-state index >= 15 is 0 Å². The number of nitrogens with zero attached hydrogens (tertiary/aromatic N) is 1. The van der Waals surface area contributed by atoms with E-state index in [0.717, 1.165) is 6.54 Å². The minimum Gasteiger partial charge on any atom is -0.394 e. The number of aliphatic hydroxyl groups is 1. The molecule has 1 unspecified atom stereocenters. The van der Waals surface area contributed by atoms with Crippen LogP contribution < -0.4 is 0 Å². The van der Waals surface area contributed by atoms with Crippen molar-refractivity contribution in [2.45, 2.75) is 31.6 Å². The van der Waals surface area contributed by atoms with Crippen molar-refractivity contribution in [3.8, 4) is 0 Å². The summed E-state index contributed by atoms with van der Waals surface area (Å²) in [5.74, 6) is 0.161. The standard InChI is InChI=1S/C11H23NO4S/c1-11(2,3)17(14,15)7-5-12-4-6-16-10(8-12)9-13/h10,13H,4-9H2,1-3H3. The molecule has 1 aliphatic rings. The molecule has 1 heterocycles. The predicted molar refractivity (Wildman–Crippen MR) is 66.8 cm³/mol. The fourth-order valence-electron chi connectivity index (χ4n) is 1.65. The number of aliphatic hydroxyl groups excluding tert-OH is 1. The first-order valence-corrected chi connectivity index (χ1v) is 7.58. The highest BCUT2D eigenvalue weighted by Gasteiger charge is 2.30. The van der Waals surface area contributed by atoms with Crippen molar-refractivity contribution in [1.82, 2.24) is 4.90 Å². The van der Waals surface area contributed by atoms with Crippen LogP contribution in [0.2, 0.25) is 0 Å². The third kappa shape index (κ3) is 4.21. The Hall–Kier alpha value is -0.170. The van der Waals surface area contributed by atoms with E-state index in [1.807, 2.05) is 4.90 Å². The summed E-state index contributed by atoms with van der Waals surface area (Å²) in [6.45, 7) is 7.56. The highest BCUT2D eigenvalue weighted by molar-refractivity contribution is 7.92. The largest absolute Gasteiger partial charge is 0.394 e. The number of hydrogen-bond donors (Lipinski definition) is 1. The van der Waals surface area contributed by atoms with Gasteiger partial charge in [-0.2, -0.15) is 0 Å². The zero-order chi connectivity index (χ0) is 13.1. The van der Waals surface area contributed by atoms with Gasteiger partial charge in [0.2, 0.25) is 0 Å². The van der Waals surface area contributed by atoms with Crippen LogP contribution in [0.25, 0.3) is 0 Å². The molecule has 1 atom stereocenters. The van der Waals surface area contributed by atoms with Crippen LogP contribution in [0.5, 0.6) is 0 Å². The summed E-state index contributed by atoms with van der Waals surface area (Å²) in [4.78, 5) is 2.04. The summed E-state index contributed by atoms with van der Waals surface area (Å²) in [6, 6.07) is 0. The van der Waals surface area contributed by atoms with Gasteiger partial charge in [-0.25, -0.2) is 8.42 Å². The molecular formula is C11H23NO4S. The maximum atomic E-state index is 11.9. The zero-order valence-electron chi connectivity index (χ0n) is 10.8. The maximum Gasteiger partial charge on any atom is 0.156 e. The van der Waals surface area contributed by atoms with Crippen LogP contribution in [0.1, 0.15) is 20.8 Å². The smallest absolute Gasteiger partial charge is 0.156 e. The van der Waals surface area contributed by atoms with Gasteiger partial charge in [-0.15, -0.1) is 0 Å². The summed E-state index contributed by atoms with van der Waals surface area (Å²) in [6.07, 6.45) is -0.180. The minimum absolute atomic E-state index is 0.0114. The first-order chi connectivity index (χ1) is 7.76. The quantitative estimate of drug-likeness (QED) is 0.768. The number of hydrogen-bond acceptors (Lipinski definition) is 5. The molecule has 0 bridgehead atoms. The molecule has 0 spiro atoms. The van der Waals surface area contributed by atoms with Crippen molar-refractivity contribution in [1.29, 1.82) is 0 Å². The van der Waals surface area contributed by atoms with Gasteiger partial charge in [0.25, 0.3) is 0 Å². The SMILES string of the molecule is CC(C)(C)S(=O)(=O)CCN1CCOC(CO)C1. The molecule has 0 amide bonds. The first kappa shape index (κ1) is 14.9. The second kappa shape index (κ2) is 5.65. The molecule has 5 nitrogen and oxygen atoms in total. The molecule has 6 heteroatoms. The number of morpholine rings is 1. The van der Waals surface area contributed by atoms with Gasteiger partial charge in [0, 0.05) is 19.6 Å². The molecular weight excluding hydrogens is 242 g/mol. The average molecular weight is 265 g/mol. The van der Waals surface area contributed by atoms with E-state index in [1.165, 1.54) is 0 Å². The minimum atomic E-state index is -3.07. The van der Waals surface area contributed by atoms with E-state index in [0.29, 0.717) is 19.7 Å². The van der Waals surface area contributed by atoms with Crippen molar-refractivity contribution in [3.05, 3.63) is 0 Å². The fourth-order valence-corrected chi connectivity index (χ4v) is 2.76. The molecule has 1 N–H and O–H groups in total. The van der Waals surface area contributed by atoms with Crippen molar-refractivity contribution < 1.29 is 18.3 Å². The van der Waals surface area contributed by atoms with Gasteiger partial charge < -0.3 is 9.84 Å². The van der Waals surface area contributed by atoms with E-state index in [9.17, 15) is 8.42 Å². The van der Waals surface area contributed by atoms with Gasteiger partial charge >= 0.3 is 0 Å². The lowest BCUT2D eigenvalue weighted by Crippen LogP contribution is -2.46. The second-order valence-corrected chi connectivity index (χ2v) is 8.27. The van der Waals surface area contributed by atoms with Crippen LogP contribution in [-0.2, 0) is 14.6 Å². The van der Waals surface area contributed by atoms with Crippen LogP contribution in [0.3, 0.4) is 0 Å². The third-order valence-electron chi connectivity index (χ3n) is 3.04. The van der Waals surface area contributed by atoms with Crippen molar-refractivity contribution in [3.63, 3.8) is 0 Å². The summed E-state index contributed by atoms with van der Waals surface area (Å²) >= 11 is 0. The third-order valence-corrected chi connectivity index (χ3v) is 5.62. The molecule has 1 saturated heterocycles. The molecule has 1 fully saturated rings. The van der Waals surface area contributed by atoms with Gasteiger partial charge in [-0.3, -0.25) is 4.90 Å². The number of rotatable bonds is 4. The van der Waals surface area contributed by atoms with Crippen molar-refractivity contribution >= 4 is 9.84 Å². The van der Waals surface area contributed by atoms with Crippen LogP contribution in [-0.4, -0.2) is 67.9 Å². The monoisotopic (exact) mass is 265 g/mol. The van der Waals surface area contributed by atoms with Gasteiger partial charge in [0.05, 0.1) is 29.8 Å². The summed E-state index contributed by atoms with van der Waals surface area (Å²) in [5.41, 5.74) is 0. The van der Waals surface area contributed by atoms with E-state index < -0.39 is 14.6 Å². The normalized spacial score (nSPS) is 23.9. The number of sulfone groups is 1. The lowest BCUT2D eigenvalue weighted by Gasteiger charge is -2.32. The molecule has 0 aromatic heterocycles. The summed E-state index contributed by atoms with van der Waals surface area (Å²) in [5, 5.41) is 9.00. The van der Waals surface area contributed by atoms with Crippen LogP contribution in [0.15, 0.2) is 0 Å². The number of ether oxygens (including phenoxy) is 1. The van der Waals surface area contributed by atoms with E-state index in [2.05, 4.69) is 0 Å². The van der Waals surface area contributed by atoms with Gasteiger partial charge in [0.15, 0.2) is 9.84 Å². The average Bonchev–Trinajstić information content (AvgIpc) is 2.25. The van der Waals surface area contributed by atoms with Gasteiger partial charge in [0.1, 0.15) is 0 Å². The molecule has 1 aliphatic heterocycles. The Bertz CT molecular complexity index is 334. The van der Waals surface area contributed by atoms with Crippen LogP contribution >= 0.6 is 0 Å². The summed E-state index contributed by atoms with van der Waals surface area (Å²) in [7, 11) is -3.07. The molecule has 17 heavy (non-hydrogen) atoms. The molecule has 102 valence electrons. The molecule has 0 aromatic rings. The fraction of sp³-hybridized carbons (Fsp3) is 1.00. The van der Waals surface area contributed by atoms with Crippen LogP contribution in [0.4, 0.5) is 0 Å². The van der Waals surface area contributed by atoms with E-state index in [4.69, 9.17) is 9.84 Å². The molecule has 1 rings (SSSR count). The van der Waals surface area contributed by atoms with Crippen molar-refractivity contribution in [2.75, 3.05) is 38.6 Å². The highest BCUT2D eigenvalue weighted by atomic mass is 32.2. The summed E-state index contributed by atoms with van der Waals surface area (Å²) < 4.78 is 28.5. The Morgan fingerprint density at radius 2 is 2.06 bits per heavy atom. The Morgan fingerprint density at radius 1 is 1.41 bits per heavy atom. The Labute approximate surface area is 104 Å². The molecule has 0 saturated carbocycles. The van der Waals surface area contributed by atoms with Crippen molar-refractivity contribution in [2.24, 2.45) is 0 Å². The van der Waals surface area contributed by atoms with Crippen LogP contribution in [0, 0.1) is 0 Å². The second-order valence-electron chi connectivity index (χ2n) is 5.41. The van der Waals surface area contributed by atoms with E-state index in [-0.39, 0.29) is 18.5 Å². The van der Waals surface area contributed by atoms with Gasteiger partial charge in [-0.1, -0.05) is 0 Å². The lowest BCUT2D eigenvalue weighted by molar-refractivity contribution is -0.0510. The predicted octanol–water partition coefficient (Wildman–Crippen LogP) is -0.107. The highest BCUT2D eigenvalue weighted by Crippen LogP contribution is 2.16. The Morgan fingerprint density at radius 3 is 2.59 bits per heavy atom. The molecule has 0 aliphatic carbocycles. The maximum absolute atomic E-state index is 11.9. The Kier molecular flexibility index (Phi) is 4.95.